The Hall–Kier alpha value is -2.35. The Morgan fingerprint density at radius 1 is 1.39 bits per heavy atom. The van der Waals surface area contributed by atoms with E-state index >= 15 is 0 Å². The molecule has 0 aliphatic rings. The third kappa shape index (κ3) is 3.70. The summed E-state index contributed by atoms with van der Waals surface area (Å²) in [5.74, 6) is -0.501. The number of hydrogen-bond donors (Lipinski definition) is 1. The van der Waals surface area contributed by atoms with Crippen LogP contribution in [0.25, 0.3) is 5.69 Å². The van der Waals surface area contributed by atoms with Gasteiger partial charge in [0.15, 0.2) is 0 Å². The third-order valence-electron chi connectivity index (χ3n) is 3.24. The van der Waals surface area contributed by atoms with Gasteiger partial charge >= 0.3 is 0 Å². The molecule has 0 radical (unpaired) electrons. The molecule has 0 bridgehead atoms. The summed E-state index contributed by atoms with van der Waals surface area (Å²) in [6, 6.07) is 5.29. The first kappa shape index (κ1) is 17.0. The van der Waals surface area contributed by atoms with E-state index in [-0.39, 0.29) is 5.16 Å². The van der Waals surface area contributed by atoms with Crippen molar-refractivity contribution < 1.29 is 17.9 Å². The Morgan fingerprint density at radius 3 is 2.74 bits per heavy atom. The second kappa shape index (κ2) is 6.82. The van der Waals surface area contributed by atoms with E-state index in [0.29, 0.717) is 18.0 Å². The number of carbonyl (C=O) groups is 1. The van der Waals surface area contributed by atoms with Gasteiger partial charge in [0.05, 0.1) is 12.8 Å². The van der Waals surface area contributed by atoms with Gasteiger partial charge in [-0.3, -0.25) is 9.36 Å². The normalized spacial score (nSPS) is 11.3. The summed E-state index contributed by atoms with van der Waals surface area (Å²) in [6.45, 7) is 3.95. The van der Waals surface area contributed by atoms with Crippen molar-refractivity contribution in [1.29, 1.82) is 0 Å². The second-order valence-corrected chi connectivity index (χ2v) is 6.83. The van der Waals surface area contributed by atoms with Crippen LogP contribution in [-0.4, -0.2) is 43.3 Å². The Labute approximate surface area is 135 Å². The molecule has 0 saturated heterocycles. The van der Waals surface area contributed by atoms with Crippen molar-refractivity contribution in [2.45, 2.75) is 19.0 Å². The van der Waals surface area contributed by atoms with Gasteiger partial charge in [-0.05, 0) is 37.6 Å². The summed E-state index contributed by atoms with van der Waals surface area (Å²) in [5, 5.41) is 2.32. The predicted octanol–water partition coefficient (Wildman–Crippen LogP) is 1.10. The molecular formula is C15H19N3O4S. The van der Waals surface area contributed by atoms with Gasteiger partial charge in [-0.25, -0.2) is 13.4 Å². The number of nitrogens with zero attached hydrogens (tertiary/aromatic N) is 2. The molecule has 0 spiro atoms. The molecule has 1 heterocycles. The predicted molar refractivity (Wildman–Crippen MR) is 85.6 cm³/mol. The quantitative estimate of drug-likeness (QED) is 0.852. The summed E-state index contributed by atoms with van der Waals surface area (Å²) < 4.78 is 31.5. The van der Waals surface area contributed by atoms with Crippen LogP contribution >= 0.6 is 0 Å². The molecule has 0 aliphatic heterocycles. The Bertz CT molecular complexity index is 812. The van der Waals surface area contributed by atoms with Crippen LogP contribution in [0.1, 0.15) is 12.5 Å². The lowest BCUT2D eigenvalue weighted by atomic mass is 10.2. The average Bonchev–Trinajstić information content (AvgIpc) is 2.96. The maximum Gasteiger partial charge on any atom is 0.235 e. The molecule has 0 saturated carbocycles. The molecule has 1 N–H and O–H groups in total. The maximum atomic E-state index is 12.4. The average molecular weight is 337 g/mol. The number of sulfone groups is 1. The van der Waals surface area contributed by atoms with Gasteiger partial charge in [-0.1, -0.05) is 0 Å². The number of amides is 1. The summed E-state index contributed by atoms with van der Waals surface area (Å²) in [6.07, 6.45) is 2.95. The van der Waals surface area contributed by atoms with E-state index in [1.54, 1.807) is 38.4 Å². The molecule has 2 rings (SSSR count). The van der Waals surface area contributed by atoms with E-state index in [1.165, 1.54) is 10.8 Å². The van der Waals surface area contributed by atoms with Crippen molar-refractivity contribution in [3.8, 4) is 11.4 Å². The third-order valence-corrected chi connectivity index (χ3v) is 4.74. The minimum Gasteiger partial charge on any atom is -0.497 e. The van der Waals surface area contributed by atoms with Crippen molar-refractivity contribution in [3.05, 3.63) is 36.2 Å². The number of ether oxygens (including phenoxy) is 1. The minimum absolute atomic E-state index is 0.156. The lowest BCUT2D eigenvalue weighted by Crippen LogP contribution is -2.31. The number of rotatable bonds is 6. The monoisotopic (exact) mass is 337 g/mol. The van der Waals surface area contributed by atoms with E-state index in [2.05, 4.69) is 10.3 Å². The zero-order chi connectivity index (χ0) is 17.0. The first-order valence-electron chi connectivity index (χ1n) is 7.07. The summed E-state index contributed by atoms with van der Waals surface area (Å²) >= 11 is 0. The number of imidazole rings is 1. The molecule has 7 nitrogen and oxygen atoms in total. The number of hydrogen-bond acceptors (Lipinski definition) is 5. The van der Waals surface area contributed by atoms with Gasteiger partial charge in [-0.2, -0.15) is 0 Å². The molecule has 8 heteroatoms. The molecule has 0 atom stereocenters. The summed E-state index contributed by atoms with van der Waals surface area (Å²) in [7, 11) is -2.28. The van der Waals surface area contributed by atoms with Crippen molar-refractivity contribution in [1.82, 2.24) is 14.9 Å². The van der Waals surface area contributed by atoms with Crippen LogP contribution in [0.2, 0.25) is 0 Å². The molecule has 0 aliphatic carbocycles. The number of methoxy groups -OCH3 is 1. The molecule has 0 unspecified atom stereocenters. The van der Waals surface area contributed by atoms with Crippen LogP contribution in [0.5, 0.6) is 5.75 Å². The Kier molecular flexibility index (Phi) is 5.05. The molecule has 1 aromatic heterocycles. The van der Waals surface area contributed by atoms with Crippen LogP contribution in [0.15, 0.2) is 35.7 Å². The fraction of sp³-hybridized carbons (Fsp3) is 0.333. The van der Waals surface area contributed by atoms with Crippen molar-refractivity contribution >= 4 is 15.7 Å². The molecule has 1 amide bonds. The molecule has 0 fully saturated rings. The highest BCUT2D eigenvalue weighted by atomic mass is 32.2. The standard InChI is InChI=1S/C15H19N3O4S/c1-4-16-14(19)10-23(20,21)15-17-7-8-18(15)13-6-5-12(22-3)9-11(13)2/h5-9H,4,10H2,1-3H3,(H,16,19). The molecule has 23 heavy (non-hydrogen) atoms. The Morgan fingerprint density at radius 2 is 2.13 bits per heavy atom. The highest BCUT2D eigenvalue weighted by Crippen LogP contribution is 2.23. The van der Waals surface area contributed by atoms with E-state index in [0.717, 1.165) is 5.56 Å². The van der Waals surface area contributed by atoms with Gasteiger partial charge in [-0.15, -0.1) is 0 Å². The number of aryl methyl sites for hydroxylation is 1. The van der Waals surface area contributed by atoms with Gasteiger partial charge in [0.1, 0.15) is 11.5 Å². The Balaban J connectivity index is 2.42. The van der Waals surface area contributed by atoms with Crippen LogP contribution in [0, 0.1) is 6.92 Å². The smallest absolute Gasteiger partial charge is 0.235 e. The highest BCUT2D eigenvalue weighted by molar-refractivity contribution is 7.92. The van der Waals surface area contributed by atoms with Crippen LogP contribution < -0.4 is 10.1 Å². The fourth-order valence-corrected chi connectivity index (χ4v) is 3.47. The highest BCUT2D eigenvalue weighted by Gasteiger charge is 2.25. The van der Waals surface area contributed by atoms with Gasteiger partial charge < -0.3 is 10.1 Å². The zero-order valence-corrected chi connectivity index (χ0v) is 14.1. The number of aromatic nitrogens is 2. The topological polar surface area (TPSA) is 90.3 Å². The van der Waals surface area contributed by atoms with Crippen molar-refractivity contribution in [2.24, 2.45) is 0 Å². The largest absolute Gasteiger partial charge is 0.497 e. The van der Waals surface area contributed by atoms with E-state index in [1.807, 2.05) is 6.92 Å². The molecule has 2 aromatic rings. The van der Waals surface area contributed by atoms with Crippen molar-refractivity contribution in [2.75, 3.05) is 19.4 Å². The van der Waals surface area contributed by atoms with Gasteiger partial charge in [0.2, 0.25) is 20.9 Å². The molecule has 1 aromatic carbocycles. The van der Waals surface area contributed by atoms with Crippen LogP contribution in [0.4, 0.5) is 0 Å². The second-order valence-electron chi connectivity index (χ2n) is 4.94. The van der Waals surface area contributed by atoms with Crippen LogP contribution in [-0.2, 0) is 14.6 Å². The van der Waals surface area contributed by atoms with E-state index < -0.39 is 21.5 Å². The lowest BCUT2D eigenvalue weighted by Gasteiger charge is -2.12. The maximum absolute atomic E-state index is 12.4. The van der Waals surface area contributed by atoms with E-state index in [4.69, 9.17) is 4.74 Å². The SMILES string of the molecule is CCNC(=O)CS(=O)(=O)c1nccn1-c1ccc(OC)cc1C. The number of benzene rings is 1. The number of carbonyl (C=O) groups excluding carboxylic acids is 1. The van der Waals surface area contributed by atoms with Gasteiger partial charge in [0, 0.05) is 18.9 Å². The summed E-state index contributed by atoms with van der Waals surface area (Å²) in [5.41, 5.74) is 1.49. The molecule has 124 valence electrons. The first-order valence-corrected chi connectivity index (χ1v) is 8.72. The first-order chi connectivity index (χ1) is 10.9. The van der Waals surface area contributed by atoms with E-state index in [9.17, 15) is 13.2 Å². The van der Waals surface area contributed by atoms with Gasteiger partial charge in [0.25, 0.3) is 0 Å². The number of nitrogens with one attached hydrogen (secondary N) is 1. The minimum atomic E-state index is -3.84. The lowest BCUT2D eigenvalue weighted by molar-refractivity contribution is -0.118. The van der Waals surface area contributed by atoms with Crippen LogP contribution in [0.3, 0.4) is 0 Å². The fourth-order valence-electron chi connectivity index (χ4n) is 2.21. The molecular weight excluding hydrogens is 318 g/mol. The summed E-state index contributed by atoms with van der Waals surface area (Å²) in [4.78, 5) is 15.5. The van der Waals surface area contributed by atoms with Crippen molar-refractivity contribution in [3.63, 3.8) is 0 Å². The zero-order valence-electron chi connectivity index (χ0n) is 13.2.